The number of ether oxygens (including phenoxy) is 3. The lowest BCUT2D eigenvalue weighted by Gasteiger charge is -2.47. The van der Waals surface area contributed by atoms with Gasteiger partial charge in [0, 0.05) is 11.8 Å². The van der Waals surface area contributed by atoms with Crippen molar-refractivity contribution in [2.24, 2.45) is 23.7 Å². The quantitative estimate of drug-likeness (QED) is 0.835. The Hall–Kier alpha value is -0.200. The van der Waals surface area contributed by atoms with Crippen molar-refractivity contribution < 1.29 is 24.4 Å². The summed E-state index contributed by atoms with van der Waals surface area (Å²) in [7, 11) is 0. The minimum atomic E-state index is -0.942. The summed E-state index contributed by atoms with van der Waals surface area (Å²) in [6, 6.07) is 0. The fourth-order valence-corrected chi connectivity index (χ4v) is 3.49. The number of aliphatic hydroxyl groups is 2. The first-order valence-corrected chi connectivity index (χ1v) is 8.60. The van der Waals surface area contributed by atoms with Crippen LogP contribution in [0.25, 0.3) is 0 Å². The van der Waals surface area contributed by atoms with Crippen LogP contribution < -0.4 is 0 Å². The fourth-order valence-electron chi connectivity index (χ4n) is 3.49. The maximum Gasteiger partial charge on any atom is 0.161 e. The summed E-state index contributed by atoms with van der Waals surface area (Å²) in [6.07, 6.45) is -2.03. The molecule has 0 saturated carbocycles. The second kappa shape index (κ2) is 7.14. The number of hydrogen-bond acceptors (Lipinski definition) is 5. The molecule has 0 spiro atoms. The van der Waals surface area contributed by atoms with Gasteiger partial charge in [0.25, 0.3) is 0 Å². The Bertz CT molecular complexity index is 361. The van der Waals surface area contributed by atoms with E-state index in [1.807, 2.05) is 6.92 Å². The van der Waals surface area contributed by atoms with Crippen molar-refractivity contribution in [3.63, 3.8) is 0 Å². The van der Waals surface area contributed by atoms with Crippen LogP contribution in [0.15, 0.2) is 0 Å². The van der Waals surface area contributed by atoms with Crippen molar-refractivity contribution in [1.82, 2.24) is 0 Å². The molecule has 10 atom stereocenters. The molecule has 5 nitrogen and oxygen atoms in total. The van der Waals surface area contributed by atoms with Crippen molar-refractivity contribution >= 4 is 0 Å². The highest BCUT2D eigenvalue weighted by Crippen LogP contribution is 2.38. The monoisotopic (exact) mass is 316 g/mol. The van der Waals surface area contributed by atoms with E-state index in [-0.39, 0.29) is 30.3 Å². The largest absolute Gasteiger partial charge is 0.390 e. The molecule has 0 aliphatic carbocycles. The van der Waals surface area contributed by atoms with Crippen molar-refractivity contribution in [2.45, 2.75) is 85.0 Å². The SMILES string of the molecule is CCC1OC(O)C(C)[C@@H](O)[C@@H]1O[C@@H]1O[C@@H](C)[C@@H](C)C(C)C1C. The van der Waals surface area contributed by atoms with Gasteiger partial charge >= 0.3 is 0 Å². The van der Waals surface area contributed by atoms with Crippen LogP contribution in [0.2, 0.25) is 0 Å². The zero-order valence-corrected chi connectivity index (χ0v) is 14.6. The van der Waals surface area contributed by atoms with E-state index >= 15 is 0 Å². The Morgan fingerprint density at radius 1 is 0.864 bits per heavy atom. The van der Waals surface area contributed by atoms with Crippen LogP contribution in [-0.4, -0.2) is 47.2 Å². The molecule has 0 bridgehead atoms. The van der Waals surface area contributed by atoms with E-state index in [0.717, 1.165) is 0 Å². The van der Waals surface area contributed by atoms with Crippen molar-refractivity contribution in [2.75, 3.05) is 0 Å². The molecule has 130 valence electrons. The zero-order valence-electron chi connectivity index (χ0n) is 14.6. The summed E-state index contributed by atoms with van der Waals surface area (Å²) in [6.45, 7) is 12.4. The summed E-state index contributed by atoms with van der Waals surface area (Å²) < 4.78 is 17.8. The maximum absolute atomic E-state index is 10.5. The van der Waals surface area contributed by atoms with Crippen molar-refractivity contribution in [3.8, 4) is 0 Å². The van der Waals surface area contributed by atoms with Crippen LogP contribution in [0.5, 0.6) is 0 Å². The molecule has 0 aromatic rings. The molecule has 0 aromatic carbocycles. The van der Waals surface area contributed by atoms with E-state index in [1.165, 1.54) is 0 Å². The highest BCUT2D eigenvalue weighted by atomic mass is 16.7. The van der Waals surface area contributed by atoms with Gasteiger partial charge in [-0.05, 0) is 25.2 Å². The highest BCUT2D eigenvalue weighted by Gasteiger charge is 2.46. The van der Waals surface area contributed by atoms with Crippen LogP contribution in [-0.2, 0) is 14.2 Å². The third kappa shape index (κ3) is 3.34. The summed E-state index contributed by atoms with van der Waals surface area (Å²) in [4.78, 5) is 0. The van der Waals surface area contributed by atoms with E-state index in [4.69, 9.17) is 14.2 Å². The topological polar surface area (TPSA) is 68.2 Å². The van der Waals surface area contributed by atoms with Crippen LogP contribution >= 0.6 is 0 Å². The smallest absolute Gasteiger partial charge is 0.161 e. The van der Waals surface area contributed by atoms with Crippen molar-refractivity contribution in [3.05, 3.63) is 0 Å². The Kier molecular flexibility index (Phi) is 5.89. The minimum absolute atomic E-state index is 0.126. The number of aliphatic hydroxyl groups excluding tert-OH is 2. The van der Waals surface area contributed by atoms with Gasteiger partial charge in [-0.2, -0.15) is 0 Å². The molecule has 2 fully saturated rings. The molecular formula is C17H32O5. The first kappa shape index (κ1) is 18.1. The van der Waals surface area contributed by atoms with E-state index in [0.29, 0.717) is 18.3 Å². The third-order valence-corrected chi connectivity index (χ3v) is 5.88. The Balaban J connectivity index is 2.10. The van der Waals surface area contributed by atoms with Crippen LogP contribution in [0.3, 0.4) is 0 Å². The molecule has 22 heavy (non-hydrogen) atoms. The average Bonchev–Trinajstić information content (AvgIpc) is 2.50. The highest BCUT2D eigenvalue weighted by molar-refractivity contribution is 4.89. The van der Waals surface area contributed by atoms with Gasteiger partial charge in [-0.1, -0.05) is 34.6 Å². The molecule has 2 rings (SSSR count). The van der Waals surface area contributed by atoms with Gasteiger partial charge in [0.05, 0.1) is 18.3 Å². The predicted octanol–water partition coefficient (Wildman–Crippen LogP) is 2.15. The van der Waals surface area contributed by atoms with E-state index in [2.05, 4.69) is 27.7 Å². The second-order valence-electron chi connectivity index (χ2n) is 7.21. The van der Waals surface area contributed by atoms with Crippen LogP contribution in [0, 0.1) is 23.7 Å². The normalized spacial score (nSPS) is 53.5. The fraction of sp³-hybridized carbons (Fsp3) is 1.00. The standard InChI is InChI=1S/C17H32O5/c1-7-13-15(14(18)11(5)16(19)21-13)22-17-10(4)8(2)9(3)12(6)20-17/h8-19H,7H2,1-6H3/t8?,9-,10?,11?,12-,13?,14+,15+,16?,17-/m0/s1. The molecule has 0 aromatic heterocycles. The lowest BCUT2D eigenvalue weighted by molar-refractivity contribution is -0.325. The number of hydrogen-bond donors (Lipinski definition) is 2. The summed E-state index contributed by atoms with van der Waals surface area (Å²) in [5.74, 6) is 0.835. The van der Waals surface area contributed by atoms with Crippen molar-refractivity contribution in [1.29, 1.82) is 0 Å². The minimum Gasteiger partial charge on any atom is -0.390 e. The lowest BCUT2D eigenvalue weighted by atomic mass is 9.79. The predicted molar refractivity (Wildman–Crippen MR) is 83.0 cm³/mol. The van der Waals surface area contributed by atoms with E-state index in [1.54, 1.807) is 6.92 Å². The van der Waals surface area contributed by atoms with E-state index in [9.17, 15) is 10.2 Å². The Morgan fingerprint density at radius 2 is 1.50 bits per heavy atom. The lowest BCUT2D eigenvalue weighted by Crippen LogP contribution is -2.57. The van der Waals surface area contributed by atoms with E-state index < -0.39 is 18.5 Å². The molecule has 0 radical (unpaired) electrons. The van der Waals surface area contributed by atoms with Crippen LogP contribution in [0.1, 0.15) is 48.0 Å². The number of rotatable bonds is 3. The second-order valence-corrected chi connectivity index (χ2v) is 7.21. The van der Waals surface area contributed by atoms with Gasteiger partial charge in [-0.15, -0.1) is 0 Å². The molecular weight excluding hydrogens is 284 g/mol. The Morgan fingerprint density at radius 3 is 2.09 bits per heavy atom. The molecule has 5 unspecified atom stereocenters. The van der Waals surface area contributed by atoms with Gasteiger partial charge in [0.1, 0.15) is 6.10 Å². The first-order chi connectivity index (χ1) is 10.3. The average molecular weight is 316 g/mol. The van der Waals surface area contributed by atoms with Crippen LogP contribution in [0.4, 0.5) is 0 Å². The van der Waals surface area contributed by atoms with Gasteiger partial charge in [-0.25, -0.2) is 0 Å². The molecule has 2 heterocycles. The zero-order chi connectivity index (χ0) is 16.6. The molecule has 2 aliphatic rings. The maximum atomic E-state index is 10.5. The van der Waals surface area contributed by atoms with Gasteiger partial charge in [0.2, 0.25) is 0 Å². The first-order valence-electron chi connectivity index (χ1n) is 8.60. The third-order valence-electron chi connectivity index (χ3n) is 5.88. The molecule has 2 saturated heterocycles. The molecule has 2 N–H and O–H groups in total. The van der Waals surface area contributed by atoms with Gasteiger partial charge < -0.3 is 24.4 Å². The summed E-state index contributed by atoms with van der Waals surface area (Å²) in [5.41, 5.74) is 0. The van der Waals surface area contributed by atoms with Gasteiger partial charge in [0.15, 0.2) is 12.6 Å². The molecule has 2 aliphatic heterocycles. The summed E-state index contributed by atoms with van der Waals surface area (Å²) in [5, 5.41) is 20.4. The molecule has 0 amide bonds. The summed E-state index contributed by atoms with van der Waals surface area (Å²) >= 11 is 0. The van der Waals surface area contributed by atoms with Gasteiger partial charge in [-0.3, -0.25) is 0 Å². The Labute approximate surface area is 133 Å². The molecule has 5 heteroatoms.